The zero-order chi connectivity index (χ0) is 27.9. The molecule has 1 aliphatic rings. The molecule has 5 rings (SSSR count). The largest absolute Gasteiger partial charge is 0.383 e. The number of hydrogen-bond donors (Lipinski definition) is 2. The Kier molecular flexibility index (Phi) is 6.91. The number of ether oxygens (including phenoxy) is 1. The van der Waals surface area contributed by atoms with Crippen molar-refractivity contribution in [1.29, 1.82) is 5.26 Å². The molecule has 1 saturated heterocycles. The summed E-state index contributed by atoms with van der Waals surface area (Å²) in [5.74, 6) is -0.559. The van der Waals surface area contributed by atoms with E-state index in [1.807, 2.05) is 12.3 Å². The van der Waals surface area contributed by atoms with Crippen LogP contribution in [-0.4, -0.2) is 44.7 Å². The first kappa shape index (κ1) is 26.8. The summed E-state index contributed by atoms with van der Waals surface area (Å²) in [5, 5.41) is 26.7. The van der Waals surface area contributed by atoms with Gasteiger partial charge in [-0.15, -0.1) is 5.10 Å². The van der Waals surface area contributed by atoms with Crippen molar-refractivity contribution in [3.05, 3.63) is 70.1 Å². The second-order valence-electron chi connectivity index (χ2n) is 11.4. The van der Waals surface area contributed by atoms with Gasteiger partial charge >= 0.3 is 0 Å². The van der Waals surface area contributed by atoms with Crippen molar-refractivity contribution in [3.8, 4) is 6.07 Å². The van der Waals surface area contributed by atoms with Crippen molar-refractivity contribution in [2.24, 2.45) is 5.41 Å². The highest BCUT2D eigenvalue weighted by Crippen LogP contribution is 2.36. The summed E-state index contributed by atoms with van der Waals surface area (Å²) in [6.45, 7) is 11.9. The molecule has 39 heavy (non-hydrogen) atoms. The van der Waals surface area contributed by atoms with Crippen LogP contribution in [0, 0.1) is 29.6 Å². The normalized spacial score (nSPS) is 15.4. The van der Waals surface area contributed by atoms with Crippen LogP contribution in [0.1, 0.15) is 56.3 Å². The van der Waals surface area contributed by atoms with Crippen LogP contribution >= 0.6 is 11.6 Å². The number of anilines is 2. The highest BCUT2D eigenvalue weighted by molar-refractivity contribution is 6.35. The first-order chi connectivity index (χ1) is 18.5. The van der Waals surface area contributed by atoms with Crippen LogP contribution in [0.2, 0.25) is 5.02 Å². The van der Waals surface area contributed by atoms with Gasteiger partial charge in [-0.25, -0.2) is 9.67 Å². The van der Waals surface area contributed by atoms with Crippen molar-refractivity contribution >= 4 is 33.9 Å². The van der Waals surface area contributed by atoms with E-state index in [0.717, 1.165) is 5.56 Å². The number of hydrogen-bond acceptors (Lipinski definition) is 8. The first-order valence-electron chi connectivity index (χ1n) is 12.6. The molecule has 0 aliphatic carbocycles. The fourth-order valence-electron chi connectivity index (χ4n) is 4.50. The van der Waals surface area contributed by atoms with Crippen molar-refractivity contribution in [3.63, 3.8) is 0 Å². The Hall–Kier alpha value is -3.81. The van der Waals surface area contributed by atoms with Crippen LogP contribution in [-0.2, 0) is 10.3 Å². The maximum atomic E-state index is 13.9. The molecule has 0 bridgehead atoms. The second-order valence-corrected chi connectivity index (χ2v) is 11.8. The van der Waals surface area contributed by atoms with Crippen LogP contribution in [0.15, 0.2) is 36.7 Å². The predicted octanol–water partition coefficient (Wildman–Crippen LogP) is 5.60. The zero-order valence-electron chi connectivity index (χ0n) is 22.5. The molecule has 0 saturated carbocycles. The summed E-state index contributed by atoms with van der Waals surface area (Å²) in [6.07, 6.45) is 3.41. The van der Waals surface area contributed by atoms with Gasteiger partial charge in [0.05, 0.1) is 47.2 Å². The Labute approximate surface area is 231 Å². The molecule has 0 spiro atoms. The Bertz CT molecular complexity index is 1590. The number of aryl methyl sites for hydroxylation is 1. The van der Waals surface area contributed by atoms with Crippen molar-refractivity contribution in [2.75, 3.05) is 30.4 Å². The highest BCUT2D eigenvalue weighted by Gasteiger charge is 2.37. The van der Waals surface area contributed by atoms with E-state index in [-0.39, 0.29) is 11.0 Å². The minimum Gasteiger partial charge on any atom is -0.383 e. The number of fused-ring (bicyclic) bond motifs is 1. The quantitative estimate of drug-likeness (QED) is 0.287. The third kappa shape index (κ3) is 5.37. The minimum absolute atomic E-state index is 0.0197. The fourth-order valence-corrected chi connectivity index (χ4v) is 4.77. The number of nitrogens with one attached hydrogen (secondary N) is 2. The SMILES string of the molecule is Cc1nc(F)ccc1[C@H](Nc1cc(Cl)c2ncc(C#N)c(NCC(C)(C)C)c2c1)c1cn(C2(C)COC2)nn1. The Morgan fingerprint density at radius 3 is 2.69 bits per heavy atom. The third-order valence-corrected chi connectivity index (χ3v) is 7.03. The fraction of sp³-hybridized carbons (Fsp3) is 0.393. The summed E-state index contributed by atoms with van der Waals surface area (Å²) in [5.41, 5.74) is 3.95. The lowest BCUT2D eigenvalue weighted by atomic mass is 9.96. The molecule has 0 radical (unpaired) electrons. The van der Waals surface area contributed by atoms with Gasteiger partial charge in [0.15, 0.2) is 0 Å². The molecule has 4 heterocycles. The molecule has 2 N–H and O–H groups in total. The number of pyridine rings is 2. The predicted molar refractivity (Wildman–Crippen MR) is 148 cm³/mol. The lowest BCUT2D eigenvalue weighted by molar-refractivity contribution is -0.0965. The maximum absolute atomic E-state index is 13.9. The van der Waals surface area contributed by atoms with E-state index in [1.165, 1.54) is 12.3 Å². The van der Waals surface area contributed by atoms with Gasteiger partial charge in [0.2, 0.25) is 5.95 Å². The summed E-state index contributed by atoms with van der Waals surface area (Å²) in [7, 11) is 0. The van der Waals surface area contributed by atoms with Gasteiger partial charge in [-0.2, -0.15) is 9.65 Å². The molecule has 1 aromatic carbocycles. The Balaban J connectivity index is 1.60. The van der Waals surface area contributed by atoms with E-state index in [4.69, 9.17) is 16.3 Å². The number of rotatable bonds is 7. The van der Waals surface area contributed by atoms with E-state index in [1.54, 1.807) is 23.7 Å². The van der Waals surface area contributed by atoms with Gasteiger partial charge in [-0.05, 0) is 37.5 Å². The third-order valence-electron chi connectivity index (χ3n) is 6.74. The lowest BCUT2D eigenvalue weighted by Gasteiger charge is -2.37. The van der Waals surface area contributed by atoms with Crippen LogP contribution in [0.5, 0.6) is 0 Å². The van der Waals surface area contributed by atoms with Crippen LogP contribution in [0.25, 0.3) is 10.9 Å². The summed E-state index contributed by atoms with van der Waals surface area (Å²) in [4.78, 5) is 8.48. The van der Waals surface area contributed by atoms with E-state index >= 15 is 0 Å². The van der Waals surface area contributed by atoms with E-state index in [0.29, 0.717) is 64.0 Å². The summed E-state index contributed by atoms with van der Waals surface area (Å²) >= 11 is 6.72. The van der Waals surface area contributed by atoms with Crippen LogP contribution < -0.4 is 10.6 Å². The highest BCUT2D eigenvalue weighted by atomic mass is 35.5. The molecule has 11 heteroatoms. The first-order valence-corrected chi connectivity index (χ1v) is 13.0. The van der Waals surface area contributed by atoms with E-state index in [9.17, 15) is 9.65 Å². The lowest BCUT2D eigenvalue weighted by Crippen LogP contribution is -2.49. The minimum atomic E-state index is -0.559. The summed E-state index contributed by atoms with van der Waals surface area (Å²) in [6, 6.07) is 8.43. The number of halogens is 2. The molecule has 4 aromatic rings. The van der Waals surface area contributed by atoms with Crippen LogP contribution in [0.3, 0.4) is 0 Å². The van der Waals surface area contributed by atoms with Crippen molar-refractivity contribution in [2.45, 2.75) is 46.2 Å². The molecule has 0 unspecified atom stereocenters. The van der Waals surface area contributed by atoms with Crippen LogP contribution in [0.4, 0.5) is 15.8 Å². The molecular formula is C28H30ClFN8O. The molecule has 9 nitrogen and oxygen atoms in total. The van der Waals surface area contributed by atoms with Crippen molar-refractivity contribution in [1.82, 2.24) is 25.0 Å². The van der Waals surface area contributed by atoms with E-state index in [2.05, 4.69) is 64.7 Å². The van der Waals surface area contributed by atoms with Gasteiger partial charge in [0.1, 0.15) is 17.3 Å². The standard InChI is InChI=1S/C28H30ClFN8O/c1-16-19(6-7-23(30)34-16)26(22-12-38(37-36-22)28(5)14-39-15-28)35-18-8-20-24(33-13-27(2,3)4)17(10-31)11-32-25(20)21(29)9-18/h6-9,11-12,26,35H,13-15H2,1-5H3,(H,32,33)/t26-/m0/s1. The van der Waals surface area contributed by atoms with Gasteiger partial charge in [0.25, 0.3) is 0 Å². The van der Waals surface area contributed by atoms with Crippen molar-refractivity contribution < 1.29 is 9.13 Å². The Morgan fingerprint density at radius 2 is 2.05 bits per heavy atom. The average molecular weight is 549 g/mol. The molecule has 3 aromatic heterocycles. The molecule has 1 atom stereocenters. The smallest absolute Gasteiger partial charge is 0.213 e. The number of nitriles is 1. The van der Waals surface area contributed by atoms with Gasteiger partial charge in [0, 0.05) is 35.1 Å². The zero-order valence-corrected chi connectivity index (χ0v) is 23.3. The number of nitrogens with zero attached hydrogens (tertiary/aromatic N) is 6. The second kappa shape index (κ2) is 10.1. The van der Waals surface area contributed by atoms with E-state index < -0.39 is 12.0 Å². The molecular weight excluding hydrogens is 519 g/mol. The van der Waals surface area contributed by atoms with Gasteiger partial charge in [-0.1, -0.05) is 43.7 Å². The van der Waals surface area contributed by atoms with Gasteiger partial charge in [-0.3, -0.25) is 4.98 Å². The molecule has 1 aliphatic heterocycles. The maximum Gasteiger partial charge on any atom is 0.213 e. The molecule has 0 amide bonds. The van der Waals surface area contributed by atoms with Gasteiger partial charge < -0.3 is 15.4 Å². The average Bonchev–Trinajstić information content (AvgIpc) is 3.34. The Morgan fingerprint density at radius 1 is 1.28 bits per heavy atom. The molecule has 1 fully saturated rings. The monoisotopic (exact) mass is 548 g/mol. The number of benzene rings is 1. The number of aromatic nitrogens is 5. The summed E-state index contributed by atoms with van der Waals surface area (Å²) < 4.78 is 21.1. The molecule has 202 valence electrons. The topological polar surface area (TPSA) is 114 Å².